The second-order valence-corrected chi connectivity index (χ2v) is 3.30. The van der Waals surface area contributed by atoms with Gasteiger partial charge in [0.05, 0.1) is 0 Å². The summed E-state index contributed by atoms with van der Waals surface area (Å²) in [6, 6.07) is 0. The molecule has 0 aromatic rings. The molecule has 0 bridgehead atoms. The van der Waals surface area contributed by atoms with Gasteiger partial charge in [0.15, 0.2) is 6.10 Å². The van der Waals surface area contributed by atoms with Crippen LogP contribution >= 0.6 is 0 Å². The van der Waals surface area contributed by atoms with E-state index in [1.165, 1.54) is 0 Å². The number of methoxy groups -OCH3 is 1. The van der Waals surface area contributed by atoms with Gasteiger partial charge in [0.1, 0.15) is 5.67 Å². The van der Waals surface area contributed by atoms with E-state index < -0.39 is 17.9 Å². The molecule has 0 N–H and O–H groups in total. The topological polar surface area (TPSA) is 18.5 Å². The summed E-state index contributed by atoms with van der Waals surface area (Å²) in [6.45, 7) is 0.0128. The van der Waals surface area contributed by atoms with Gasteiger partial charge in [0.2, 0.25) is 0 Å². The predicted molar refractivity (Wildman–Crippen MR) is 40.7 cm³/mol. The van der Waals surface area contributed by atoms with Gasteiger partial charge in [0.25, 0.3) is 0 Å². The molecular formula is C8H12F4O2. The van der Waals surface area contributed by atoms with Crippen molar-refractivity contribution in [2.45, 2.75) is 30.8 Å². The van der Waals surface area contributed by atoms with Crippen molar-refractivity contribution >= 4 is 0 Å². The number of hydrogen-bond acceptors (Lipinski definition) is 2. The third kappa shape index (κ3) is 2.36. The second kappa shape index (κ2) is 4.02. The maximum absolute atomic E-state index is 13.8. The maximum atomic E-state index is 13.8. The van der Waals surface area contributed by atoms with Gasteiger partial charge in [-0.25, -0.2) is 4.39 Å². The zero-order valence-electron chi connectivity index (χ0n) is 7.73. The first kappa shape index (κ1) is 11.7. The van der Waals surface area contributed by atoms with Gasteiger partial charge in [-0.1, -0.05) is 0 Å². The van der Waals surface area contributed by atoms with Crippen molar-refractivity contribution in [2.75, 3.05) is 20.3 Å². The van der Waals surface area contributed by atoms with Crippen LogP contribution in [0.1, 0.15) is 12.8 Å². The van der Waals surface area contributed by atoms with Crippen LogP contribution in [0.4, 0.5) is 17.6 Å². The van der Waals surface area contributed by atoms with E-state index in [0.29, 0.717) is 0 Å². The van der Waals surface area contributed by atoms with Crippen molar-refractivity contribution < 1.29 is 27.0 Å². The molecule has 1 aliphatic rings. The predicted octanol–water partition coefficient (Wildman–Crippen LogP) is 2.08. The minimum Gasteiger partial charge on any atom is -0.381 e. The minimum atomic E-state index is -4.67. The van der Waals surface area contributed by atoms with E-state index in [1.54, 1.807) is 0 Å². The fourth-order valence-electron chi connectivity index (χ4n) is 1.61. The molecule has 1 atom stereocenters. The molecule has 1 rings (SSSR count). The van der Waals surface area contributed by atoms with Gasteiger partial charge in [-0.2, -0.15) is 13.2 Å². The monoisotopic (exact) mass is 216 g/mol. The Morgan fingerprint density at radius 2 is 1.79 bits per heavy atom. The van der Waals surface area contributed by atoms with Crippen molar-refractivity contribution in [2.24, 2.45) is 0 Å². The van der Waals surface area contributed by atoms with Gasteiger partial charge < -0.3 is 9.47 Å². The summed E-state index contributed by atoms with van der Waals surface area (Å²) in [6.07, 6.45) is -7.56. The molecule has 1 heterocycles. The molecular weight excluding hydrogens is 204 g/mol. The lowest BCUT2D eigenvalue weighted by Gasteiger charge is -2.36. The summed E-state index contributed by atoms with van der Waals surface area (Å²) in [5.74, 6) is 0. The molecule has 0 spiro atoms. The van der Waals surface area contributed by atoms with Crippen LogP contribution in [0.3, 0.4) is 0 Å². The molecule has 1 fully saturated rings. The van der Waals surface area contributed by atoms with Crippen molar-refractivity contribution in [3.63, 3.8) is 0 Å². The number of rotatable bonds is 2. The third-order valence-corrected chi connectivity index (χ3v) is 2.33. The molecule has 6 heteroatoms. The summed E-state index contributed by atoms with van der Waals surface area (Å²) in [4.78, 5) is 0. The molecule has 1 saturated heterocycles. The largest absolute Gasteiger partial charge is 0.417 e. The molecule has 14 heavy (non-hydrogen) atoms. The standard InChI is InChI=1S/C8H12F4O2/c1-13-6(8(10,11)12)7(9)2-4-14-5-3-7/h6H,2-5H2,1H3. The highest BCUT2D eigenvalue weighted by Crippen LogP contribution is 2.39. The van der Waals surface area contributed by atoms with E-state index in [4.69, 9.17) is 4.74 Å². The molecule has 0 radical (unpaired) electrons. The minimum absolute atomic E-state index is 0.00639. The van der Waals surface area contributed by atoms with E-state index in [2.05, 4.69) is 4.74 Å². The zero-order valence-corrected chi connectivity index (χ0v) is 7.73. The quantitative estimate of drug-likeness (QED) is 0.658. The molecule has 0 aromatic carbocycles. The summed E-state index contributed by atoms with van der Waals surface area (Å²) in [5.41, 5.74) is -2.34. The molecule has 0 aromatic heterocycles. The summed E-state index contributed by atoms with van der Waals surface area (Å²) in [7, 11) is 0.870. The maximum Gasteiger partial charge on any atom is 0.417 e. The van der Waals surface area contributed by atoms with E-state index in [1.807, 2.05) is 0 Å². The summed E-state index contributed by atoms with van der Waals surface area (Å²) < 4.78 is 59.9. The van der Waals surface area contributed by atoms with Crippen LogP contribution in [0.15, 0.2) is 0 Å². The molecule has 1 unspecified atom stereocenters. The lowest BCUT2D eigenvalue weighted by molar-refractivity contribution is -0.260. The first-order valence-corrected chi connectivity index (χ1v) is 4.26. The zero-order chi connectivity index (χ0) is 10.8. The smallest absolute Gasteiger partial charge is 0.381 e. The Morgan fingerprint density at radius 3 is 2.14 bits per heavy atom. The van der Waals surface area contributed by atoms with Crippen LogP contribution in [0.25, 0.3) is 0 Å². The molecule has 0 amide bonds. The average molecular weight is 216 g/mol. The number of alkyl halides is 4. The van der Waals surface area contributed by atoms with Crippen LogP contribution in [0.2, 0.25) is 0 Å². The Kier molecular flexibility index (Phi) is 3.36. The van der Waals surface area contributed by atoms with Crippen LogP contribution in [-0.4, -0.2) is 38.3 Å². The van der Waals surface area contributed by atoms with Crippen molar-refractivity contribution in [1.82, 2.24) is 0 Å². The highest BCUT2D eigenvalue weighted by molar-refractivity contribution is 4.93. The molecule has 1 aliphatic heterocycles. The molecule has 0 aliphatic carbocycles. The Hall–Kier alpha value is -0.360. The van der Waals surface area contributed by atoms with Crippen LogP contribution in [0, 0.1) is 0 Å². The molecule has 2 nitrogen and oxygen atoms in total. The van der Waals surface area contributed by atoms with Gasteiger partial charge >= 0.3 is 6.18 Å². The Labute approximate surface area is 79.2 Å². The highest BCUT2D eigenvalue weighted by Gasteiger charge is 2.55. The van der Waals surface area contributed by atoms with Gasteiger partial charge in [-0.3, -0.25) is 0 Å². The van der Waals surface area contributed by atoms with E-state index in [9.17, 15) is 17.6 Å². The summed E-state index contributed by atoms with van der Waals surface area (Å²) in [5, 5.41) is 0. The second-order valence-electron chi connectivity index (χ2n) is 3.30. The fourth-order valence-corrected chi connectivity index (χ4v) is 1.61. The SMILES string of the molecule is COC(C(F)(F)F)C1(F)CCOCC1. The lowest BCUT2D eigenvalue weighted by Crippen LogP contribution is -2.51. The Balaban J connectivity index is 2.76. The van der Waals surface area contributed by atoms with Crippen LogP contribution in [-0.2, 0) is 9.47 Å². The van der Waals surface area contributed by atoms with Crippen LogP contribution < -0.4 is 0 Å². The summed E-state index contributed by atoms with van der Waals surface area (Å²) >= 11 is 0. The first-order valence-electron chi connectivity index (χ1n) is 4.26. The average Bonchev–Trinajstić information content (AvgIpc) is 2.03. The number of halogens is 4. The highest BCUT2D eigenvalue weighted by atomic mass is 19.4. The van der Waals surface area contributed by atoms with E-state index in [-0.39, 0.29) is 26.1 Å². The van der Waals surface area contributed by atoms with Crippen molar-refractivity contribution in [3.8, 4) is 0 Å². The third-order valence-electron chi connectivity index (χ3n) is 2.33. The van der Waals surface area contributed by atoms with Crippen LogP contribution in [0.5, 0.6) is 0 Å². The lowest BCUT2D eigenvalue weighted by atomic mass is 9.89. The van der Waals surface area contributed by atoms with E-state index >= 15 is 0 Å². The van der Waals surface area contributed by atoms with Crippen molar-refractivity contribution in [3.05, 3.63) is 0 Å². The normalized spacial score (nSPS) is 24.6. The Bertz CT molecular complexity index is 186. The van der Waals surface area contributed by atoms with E-state index in [0.717, 1.165) is 7.11 Å². The number of ether oxygens (including phenoxy) is 2. The first-order chi connectivity index (χ1) is 6.40. The van der Waals surface area contributed by atoms with Gasteiger partial charge in [-0.15, -0.1) is 0 Å². The fraction of sp³-hybridized carbons (Fsp3) is 1.00. The molecule has 0 saturated carbocycles. The van der Waals surface area contributed by atoms with Gasteiger partial charge in [-0.05, 0) is 0 Å². The molecule has 84 valence electrons. The number of hydrogen-bond donors (Lipinski definition) is 0. The van der Waals surface area contributed by atoms with Crippen molar-refractivity contribution in [1.29, 1.82) is 0 Å². The Morgan fingerprint density at radius 1 is 1.29 bits per heavy atom. The van der Waals surface area contributed by atoms with Gasteiger partial charge in [0, 0.05) is 33.2 Å².